The topological polar surface area (TPSA) is 57.2 Å². The van der Waals surface area contributed by atoms with E-state index in [-0.39, 0.29) is 19.3 Å². The molecule has 0 saturated heterocycles. The first kappa shape index (κ1) is 17.8. The van der Waals surface area contributed by atoms with Crippen LogP contribution in [0.15, 0.2) is 12.1 Å². The minimum absolute atomic E-state index is 0.119. The van der Waals surface area contributed by atoms with Crippen LogP contribution in [-0.4, -0.2) is 46.4 Å². The van der Waals surface area contributed by atoms with Crippen molar-refractivity contribution in [2.24, 2.45) is 0 Å². The van der Waals surface area contributed by atoms with Gasteiger partial charge in [-0.1, -0.05) is 0 Å². The first-order chi connectivity index (χ1) is 10.2. The van der Waals surface area contributed by atoms with Gasteiger partial charge in [0.15, 0.2) is 0 Å². The fourth-order valence-corrected chi connectivity index (χ4v) is 2.37. The number of benzene rings is 1. The van der Waals surface area contributed by atoms with Crippen LogP contribution in [0.5, 0.6) is 11.5 Å². The maximum Gasteiger partial charge on any atom is 0.146 e. The molecule has 0 bridgehead atoms. The standard InChI is InChI=1S/C16H26O5/c1-12-9-16(20-4)14(10-15(12)19-3)13(5-7-17)6-8-21-11-18-2/h9-10,13,17H,5-8,11H2,1-4H3/t13-/m1/s1. The van der Waals surface area contributed by atoms with Gasteiger partial charge in [-0.3, -0.25) is 0 Å². The molecule has 0 unspecified atom stereocenters. The van der Waals surface area contributed by atoms with Gasteiger partial charge in [0, 0.05) is 19.3 Å². The zero-order chi connectivity index (χ0) is 15.7. The van der Waals surface area contributed by atoms with Gasteiger partial charge in [-0.25, -0.2) is 0 Å². The van der Waals surface area contributed by atoms with Crippen molar-refractivity contribution >= 4 is 0 Å². The van der Waals surface area contributed by atoms with E-state index < -0.39 is 0 Å². The molecule has 0 aliphatic heterocycles. The summed E-state index contributed by atoms with van der Waals surface area (Å²) in [6.45, 7) is 2.94. The molecule has 0 saturated carbocycles. The van der Waals surface area contributed by atoms with E-state index in [2.05, 4.69) is 0 Å². The van der Waals surface area contributed by atoms with Crippen LogP contribution in [0.3, 0.4) is 0 Å². The maximum atomic E-state index is 9.31. The molecule has 0 radical (unpaired) electrons. The van der Waals surface area contributed by atoms with Gasteiger partial charge in [-0.05, 0) is 43.4 Å². The predicted molar refractivity (Wildman–Crippen MR) is 81.2 cm³/mol. The van der Waals surface area contributed by atoms with Gasteiger partial charge >= 0.3 is 0 Å². The van der Waals surface area contributed by atoms with Gasteiger partial charge in [0.05, 0.1) is 20.8 Å². The van der Waals surface area contributed by atoms with Crippen LogP contribution in [0, 0.1) is 6.92 Å². The summed E-state index contributed by atoms with van der Waals surface area (Å²) in [4.78, 5) is 0. The van der Waals surface area contributed by atoms with E-state index in [4.69, 9.17) is 18.9 Å². The second-order valence-electron chi connectivity index (χ2n) is 4.88. The smallest absolute Gasteiger partial charge is 0.146 e. The van der Waals surface area contributed by atoms with Crippen LogP contribution < -0.4 is 9.47 Å². The largest absolute Gasteiger partial charge is 0.496 e. The molecule has 1 N–H and O–H groups in total. The molecule has 0 fully saturated rings. The summed E-state index contributed by atoms with van der Waals surface area (Å²) in [5.41, 5.74) is 2.06. The maximum absolute atomic E-state index is 9.31. The van der Waals surface area contributed by atoms with Crippen LogP contribution >= 0.6 is 0 Å². The third-order valence-corrected chi connectivity index (χ3v) is 3.48. The Balaban J connectivity index is 2.94. The molecule has 21 heavy (non-hydrogen) atoms. The van der Waals surface area contributed by atoms with Crippen LogP contribution in [-0.2, 0) is 9.47 Å². The first-order valence-corrected chi connectivity index (χ1v) is 7.08. The summed E-state index contributed by atoms with van der Waals surface area (Å²) < 4.78 is 21.1. The fourth-order valence-electron chi connectivity index (χ4n) is 2.37. The fraction of sp³-hybridized carbons (Fsp3) is 0.625. The van der Waals surface area contributed by atoms with Crippen molar-refractivity contribution in [3.05, 3.63) is 23.3 Å². The highest BCUT2D eigenvalue weighted by Crippen LogP contribution is 2.36. The second kappa shape index (κ2) is 9.60. The molecule has 0 heterocycles. The molecule has 0 aliphatic carbocycles. The van der Waals surface area contributed by atoms with Crippen LogP contribution in [0.2, 0.25) is 0 Å². The number of methoxy groups -OCH3 is 3. The zero-order valence-electron chi connectivity index (χ0n) is 13.3. The number of rotatable bonds is 10. The molecule has 5 nitrogen and oxygen atoms in total. The number of ether oxygens (including phenoxy) is 4. The molecule has 0 aromatic heterocycles. The molecule has 1 aromatic rings. The number of aliphatic hydroxyl groups is 1. The normalized spacial score (nSPS) is 12.2. The summed E-state index contributed by atoms with van der Waals surface area (Å²) in [7, 11) is 4.91. The van der Waals surface area contributed by atoms with E-state index in [1.807, 2.05) is 19.1 Å². The highest BCUT2D eigenvalue weighted by molar-refractivity contribution is 5.47. The van der Waals surface area contributed by atoms with Crippen molar-refractivity contribution in [1.82, 2.24) is 0 Å². The molecular formula is C16H26O5. The molecule has 0 spiro atoms. The van der Waals surface area contributed by atoms with Gasteiger partial charge in [0.2, 0.25) is 0 Å². The van der Waals surface area contributed by atoms with E-state index >= 15 is 0 Å². The molecule has 0 amide bonds. The van der Waals surface area contributed by atoms with E-state index in [9.17, 15) is 5.11 Å². The van der Waals surface area contributed by atoms with E-state index in [0.29, 0.717) is 13.0 Å². The lowest BCUT2D eigenvalue weighted by Gasteiger charge is -2.21. The van der Waals surface area contributed by atoms with Crippen molar-refractivity contribution in [3.63, 3.8) is 0 Å². The summed E-state index contributed by atoms with van der Waals surface area (Å²) in [5.74, 6) is 1.79. The highest BCUT2D eigenvalue weighted by Gasteiger charge is 2.18. The number of hydrogen-bond acceptors (Lipinski definition) is 5. The molecule has 1 rings (SSSR count). The lowest BCUT2D eigenvalue weighted by atomic mass is 9.91. The Morgan fingerprint density at radius 1 is 1.05 bits per heavy atom. The summed E-state index contributed by atoms with van der Waals surface area (Å²) in [6.07, 6.45) is 1.44. The van der Waals surface area contributed by atoms with Gasteiger partial charge < -0.3 is 24.1 Å². The summed E-state index contributed by atoms with van der Waals surface area (Å²) in [5, 5.41) is 9.31. The SMILES string of the molecule is COCOCC[C@@H](CCO)c1cc(OC)c(C)cc1OC. The second-order valence-corrected chi connectivity index (χ2v) is 4.88. The van der Waals surface area contributed by atoms with Gasteiger partial charge in [0.25, 0.3) is 0 Å². The Morgan fingerprint density at radius 3 is 2.33 bits per heavy atom. The molecular weight excluding hydrogens is 272 g/mol. The molecule has 0 aliphatic rings. The van der Waals surface area contributed by atoms with Crippen molar-refractivity contribution in [2.45, 2.75) is 25.7 Å². The summed E-state index contributed by atoms with van der Waals surface area (Å²) >= 11 is 0. The number of aliphatic hydroxyl groups excluding tert-OH is 1. The minimum atomic E-state index is 0.119. The lowest BCUT2D eigenvalue weighted by molar-refractivity contribution is -0.0329. The Morgan fingerprint density at radius 2 is 1.76 bits per heavy atom. The van der Waals surface area contributed by atoms with Crippen molar-refractivity contribution in [1.29, 1.82) is 0 Å². The monoisotopic (exact) mass is 298 g/mol. The Hall–Kier alpha value is -1.30. The quantitative estimate of drug-likeness (QED) is 0.531. The molecule has 5 heteroatoms. The van der Waals surface area contributed by atoms with E-state index in [1.165, 1.54) is 0 Å². The Labute approximate surface area is 126 Å². The third kappa shape index (κ3) is 5.19. The first-order valence-electron chi connectivity index (χ1n) is 7.08. The number of hydrogen-bond donors (Lipinski definition) is 1. The van der Waals surface area contributed by atoms with Gasteiger partial charge in [0.1, 0.15) is 18.3 Å². The molecule has 120 valence electrons. The van der Waals surface area contributed by atoms with Gasteiger partial charge in [-0.15, -0.1) is 0 Å². The highest BCUT2D eigenvalue weighted by atomic mass is 16.7. The number of aryl methyl sites for hydroxylation is 1. The van der Waals surface area contributed by atoms with Crippen molar-refractivity contribution in [2.75, 3.05) is 41.3 Å². The Kier molecular flexibility index (Phi) is 8.12. The van der Waals surface area contributed by atoms with Crippen LogP contribution in [0.1, 0.15) is 29.9 Å². The molecule has 1 atom stereocenters. The van der Waals surface area contributed by atoms with E-state index in [1.54, 1.807) is 21.3 Å². The van der Waals surface area contributed by atoms with Crippen molar-refractivity contribution < 1.29 is 24.1 Å². The predicted octanol–water partition coefficient (Wildman–Crippen LogP) is 2.49. The lowest BCUT2D eigenvalue weighted by Crippen LogP contribution is -2.09. The Bertz CT molecular complexity index is 419. The van der Waals surface area contributed by atoms with Crippen LogP contribution in [0.4, 0.5) is 0 Å². The average molecular weight is 298 g/mol. The average Bonchev–Trinajstić information content (AvgIpc) is 2.50. The minimum Gasteiger partial charge on any atom is -0.496 e. The zero-order valence-corrected chi connectivity index (χ0v) is 13.3. The van der Waals surface area contributed by atoms with Crippen LogP contribution in [0.25, 0.3) is 0 Å². The van der Waals surface area contributed by atoms with E-state index in [0.717, 1.165) is 29.0 Å². The molecule has 1 aromatic carbocycles. The van der Waals surface area contributed by atoms with Crippen molar-refractivity contribution in [3.8, 4) is 11.5 Å². The van der Waals surface area contributed by atoms with Gasteiger partial charge in [-0.2, -0.15) is 0 Å². The summed E-state index contributed by atoms with van der Waals surface area (Å²) in [6, 6.07) is 3.96. The third-order valence-electron chi connectivity index (χ3n) is 3.48.